The fraction of sp³-hybridized carbons (Fsp3) is 0.500. The molecule has 0 saturated heterocycles. The third-order valence-corrected chi connectivity index (χ3v) is 0. The van der Waals surface area contributed by atoms with Crippen LogP contribution in [0, 0.1) is 0 Å². The van der Waals surface area contributed by atoms with Crippen molar-refractivity contribution in [3.8, 4) is 0 Å². The number of carbonyl (C=O) groups excluding carboxylic acids is 1. The molecule has 0 aromatic rings. The van der Waals surface area contributed by atoms with Gasteiger partial charge in [0, 0.05) is 5.97 Å². The van der Waals surface area contributed by atoms with Crippen LogP contribution in [0.4, 0.5) is 0 Å². The molecular formula is C2H7ClNO2-. The quantitative estimate of drug-likeness (QED) is 0.348. The molecule has 0 aliphatic rings. The molecule has 0 heterocycles. The topological polar surface area (TPSA) is 76.6 Å². The van der Waals surface area contributed by atoms with E-state index in [1.54, 1.807) is 0 Å². The zero-order valence-corrected chi connectivity index (χ0v) is 4.45. The van der Waals surface area contributed by atoms with E-state index >= 15 is 0 Å². The number of carboxylic acid groups (broad SMARTS) is 1. The molecule has 0 aliphatic carbocycles. The Morgan fingerprint density at radius 2 is 1.67 bits per heavy atom. The molecule has 0 atom stereocenters. The summed E-state index contributed by atoms with van der Waals surface area (Å²) in [5, 5.41) is 8.89. The van der Waals surface area contributed by atoms with Crippen molar-refractivity contribution in [1.29, 1.82) is 0 Å². The number of quaternary nitrogens is 1. The van der Waals surface area contributed by atoms with Crippen molar-refractivity contribution in [1.82, 2.24) is 6.15 Å². The van der Waals surface area contributed by atoms with E-state index in [9.17, 15) is 0 Å². The second kappa shape index (κ2) is 8.83. The molecule has 0 aromatic heterocycles. The Balaban J connectivity index is -0.0000000450. The first kappa shape index (κ1) is 17.2. The molecule has 0 aromatic carbocycles. The van der Waals surface area contributed by atoms with Gasteiger partial charge in [-0.2, -0.15) is 0 Å². The van der Waals surface area contributed by atoms with Crippen molar-refractivity contribution in [2.24, 2.45) is 0 Å². The Labute approximate surface area is 42.3 Å². The van der Waals surface area contributed by atoms with Crippen LogP contribution in [0.15, 0.2) is 0 Å². The lowest BCUT2D eigenvalue weighted by atomic mass is 10.9. The van der Waals surface area contributed by atoms with Crippen LogP contribution in [0.2, 0.25) is 0 Å². The van der Waals surface area contributed by atoms with Crippen LogP contribution in [0.5, 0.6) is 0 Å². The molecular weight excluding hydrogens is 105 g/mol. The highest BCUT2D eigenvalue weighted by molar-refractivity contribution is 5.60. The summed E-state index contributed by atoms with van der Waals surface area (Å²) in [7, 11) is 0. The van der Waals surface area contributed by atoms with Crippen LogP contribution in [-0.2, 0) is 4.79 Å². The van der Waals surface area contributed by atoms with E-state index in [-0.39, 0.29) is 18.6 Å². The van der Waals surface area contributed by atoms with Crippen molar-refractivity contribution in [3.63, 3.8) is 0 Å². The molecule has 0 bridgehead atoms. The molecule has 0 saturated carbocycles. The molecule has 4 N–H and O–H groups in total. The van der Waals surface area contributed by atoms with Crippen LogP contribution in [-0.4, -0.2) is 5.97 Å². The number of aliphatic carboxylic acids is 1. The molecule has 6 heavy (non-hydrogen) atoms. The van der Waals surface area contributed by atoms with Gasteiger partial charge in [-0.25, -0.2) is 0 Å². The number of hydrogen-bond donors (Lipinski definition) is 1. The molecule has 0 unspecified atom stereocenters. The second-order valence-corrected chi connectivity index (χ2v) is 0.492. The van der Waals surface area contributed by atoms with Gasteiger partial charge in [-0.3, -0.25) is 0 Å². The zero-order valence-electron chi connectivity index (χ0n) is 3.69. The van der Waals surface area contributed by atoms with E-state index in [4.69, 9.17) is 9.90 Å². The standard InChI is InChI=1S/C2H4O2.ClH.H3N/c1-2(3)4;;/h1H3,(H,3,4);1H;1H3/p-1. The Morgan fingerprint density at radius 3 is 1.67 bits per heavy atom. The van der Waals surface area contributed by atoms with Crippen molar-refractivity contribution < 1.29 is 22.3 Å². The summed E-state index contributed by atoms with van der Waals surface area (Å²) in [5.74, 6) is -1.08. The smallest absolute Gasteiger partial charge is 0.0383 e. The van der Waals surface area contributed by atoms with E-state index < -0.39 is 5.97 Å². The minimum Gasteiger partial charge on any atom is -1.00 e. The molecule has 0 rings (SSSR count). The SMILES string of the molecule is CC(=O)[O-].[Cl-].[NH4+]. The van der Waals surface area contributed by atoms with Gasteiger partial charge in [0.1, 0.15) is 0 Å². The van der Waals surface area contributed by atoms with E-state index in [1.807, 2.05) is 0 Å². The van der Waals surface area contributed by atoms with Crippen LogP contribution in [0.25, 0.3) is 0 Å². The minimum absolute atomic E-state index is 0. The molecule has 0 radical (unpaired) electrons. The summed E-state index contributed by atoms with van der Waals surface area (Å²) in [6.07, 6.45) is 0. The van der Waals surface area contributed by atoms with Gasteiger partial charge in [0.15, 0.2) is 0 Å². The van der Waals surface area contributed by atoms with Gasteiger partial charge in [-0.05, 0) is 6.92 Å². The molecule has 3 nitrogen and oxygen atoms in total. The molecule has 0 amide bonds. The van der Waals surface area contributed by atoms with Crippen LogP contribution in [0.1, 0.15) is 6.92 Å². The largest absolute Gasteiger partial charge is 1.00 e. The summed E-state index contributed by atoms with van der Waals surface area (Å²) in [6.45, 7) is 0.972. The zero-order chi connectivity index (χ0) is 3.58. The molecule has 0 spiro atoms. The first-order chi connectivity index (χ1) is 1.73. The lowest BCUT2D eigenvalue weighted by Crippen LogP contribution is -3.00. The third-order valence-electron chi connectivity index (χ3n) is 0. The molecule has 40 valence electrons. The minimum atomic E-state index is -1.08. The maximum Gasteiger partial charge on any atom is 0.0383 e. The molecule has 0 fully saturated rings. The normalized spacial score (nSPS) is 4.17. The summed E-state index contributed by atoms with van der Waals surface area (Å²) >= 11 is 0. The summed E-state index contributed by atoms with van der Waals surface area (Å²) in [6, 6.07) is 0. The Kier molecular flexibility index (Phi) is 25.3. The molecule has 0 aliphatic heterocycles. The van der Waals surface area contributed by atoms with Gasteiger partial charge < -0.3 is 28.5 Å². The average Bonchev–Trinajstić information content (AvgIpc) is 0.811. The van der Waals surface area contributed by atoms with Crippen molar-refractivity contribution in [2.45, 2.75) is 6.92 Å². The van der Waals surface area contributed by atoms with Gasteiger partial charge in [0.2, 0.25) is 0 Å². The van der Waals surface area contributed by atoms with Crippen molar-refractivity contribution in [2.75, 3.05) is 0 Å². The number of carboxylic acids is 1. The fourth-order valence-electron chi connectivity index (χ4n) is 0. The summed E-state index contributed by atoms with van der Waals surface area (Å²) in [4.78, 5) is 8.89. The Morgan fingerprint density at radius 1 is 1.67 bits per heavy atom. The van der Waals surface area contributed by atoms with Crippen LogP contribution >= 0.6 is 0 Å². The van der Waals surface area contributed by atoms with Crippen molar-refractivity contribution >= 4 is 5.97 Å². The fourth-order valence-corrected chi connectivity index (χ4v) is 0. The maximum absolute atomic E-state index is 8.89. The van der Waals surface area contributed by atoms with Gasteiger partial charge in [0.05, 0.1) is 0 Å². The number of rotatable bonds is 0. The number of halogens is 1. The van der Waals surface area contributed by atoms with E-state index in [0.717, 1.165) is 6.92 Å². The second-order valence-electron chi connectivity index (χ2n) is 0.492. The summed E-state index contributed by atoms with van der Waals surface area (Å²) < 4.78 is 0. The highest BCUT2D eigenvalue weighted by Gasteiger charge is 1.46. The highest BCUT2D eigenvalue weighted by atomic mass is 35.5. The number of carbonyl (C=O) groups is 1. The van der Waals surface area contributed by atoms with Gasteiger partial charge in [-0.1, -0.05) is 0 Å². The highest BCUT2D eigenvalue weighted by Crippen LogP contribution is 1.31. The van der Waals surface area contributed by atoms with E-state index in [1.165, 1.54) is 0 Å². The lowest BCUT2D eigenvalue weighted by molar-refractivity contribution is -0.302. The maximum atomic E-state index is 8.89. The third kappa shape index (κ3) is 351. The van der Waals surface area contributed by atoms with Gasteiger partial charge in [0.25, 0.3) is 0 Å². The monoisotopic (exact) mass is 112 g/mol. The average molecular weight is 113 g/mol. The molecule has 4 heteroatoms. The van der Waals surface area contributed by atoms with Crippen LogP contribution < -0.4 is 23.7 Å². The van der Waals surface area contributed by atoms with Gasteiger partial charge in [-0.15, -0.1) is 0 Å². The predicted octanol–water partition coefficient (Wildman–Crippen LogP) is -3.86. The first-order valence-electron chi connectivity index (χ1n) is 0.908. The van der Waals surface area contributed by atoms with Crippen LogP contribution in [0.3, 0.4) is 0 Å². The lowest BCUT2D eigenvalue weighted by Gasteiger charge is -1.77. The first-order valence-corrected chi connectivity index (χ1v) is 0.908. The summed E-state index contributed by atoms with van der Waals surface area (Å²) in [5.41, 5.74) is 0. The van der Waals surface area contributed by atoms with Gasteiger partial charge >= 0.3 is 0 Å². The number of hydrogen-bond acceptors (Lipinski definition) is 2. The van der Waals surface area contributed by atoms with E-state index in [2.05, 4.69) is 0 Å². The Hall–Kier alpha value is -0.280. The Bertz CT molecular complexity index is 34.5. The van der Waals surface area contributed by atoms with Crippen molar-refractivity contribution in [3.05, 3.63) is 0 Å². The predicted molar refractivity (Wildman–Crippen MR) is 16.7 cm³/mol. The van der Waals surface area contributed by atoms with E-state index in [0.29, 0.717) is 0 Å².